The van der Waals surface area contributed by atoms with E-state index in [0.29, 0.717) is 24.4 Å². The number of carbonyl (C=O) groups excluding carboxylic acids is 1. The molecule has 0 aromatic heterocycles. The number of hydrogen-bond donors (Lipinski definition) is 0. The minimum atomic E-state index is 0.322. The molecular formula is C20H30N2O2. The highest BCUT2D eigenvalue weighted by Crippen LogP contribution is 2.30. The Morgan fingerprint density at radius 3 is 2.79 bits per heavy atom. The van der Waals surface area contributed by atoms with Crippen LogP contribution >= 0.6 is 0 Å². The minimum Gasteiger partial charge on any atom is -0.497 e. The lowest BCUT2D eigenvalue weighted by molar-refractivity contribution is -0.133. The average Bonchev–Trinajstić information content (AvgIpc) is 3.27. The lowest BCUT2D eigenvalue weighted by Crippen LogP contribution is -2.48. The standard InChI is InChI=1S/C20H30N2O2/c1-3-21-13-5-9-18(21)19-10-6-14-22(19)20(23)12-11-16-7-4-8-17(15-16)24-2/h4,7-8,15,18-19H,3,5-6,9-14H2,1-2H3/t18-,19-/m0/s1. The summed E-state index contributed by atoms with van der Waals surface area (Å²) in [6.07, 6.45) is 6.25. The zero-order valence-corrected chi connectivity index (χ0v) is 15.0. The molecule has 2 saturated heterocycles. The van der Waals surface area contributed by atoms with Crippen molar-refractivity contribution >= 4 is 5.91 Å². The fourth-order valence-electron chi connectivity index (χ4n) is 4.41. The fraction of sp³-hybridized carbons (Fsp3) is 0.650. The molecule has 4 heteroatoms. The lowest BCUT2D eigenvalue weighted by atomic mass is 10.0. The Morgan fingerprint density at radius 1 is 1.21 bits per heavy atom. The molecule has 2 aliphatic heterocycles. The number of methoxy groups -OCH3 is 1. The Bertz CT molecular complexity index is 560. The van der Waals surface area contributed by atoms with Gasteiger partial charge in [0.1, 0.15) is 5.75 Å². The van der Waals surface area contributed by atoms with Crippen molar-refractivity contribution in [3.63, 3.8) is 0 Å². The molecule has 0 spiro atoms. The molecule has 2 aliphatic rings. The molecule has 0 aliphatic carbocycles. The van der Waals surface area contributed by atoms with E-state index in [9.17, 15) is 4.79 Å². The van der Waals surface area contributed by atoms with Crippen molar-refractivity contribution in [2.45, 2.75) is 57.5 Å². The van der Waals surface area contributed by atoms with Crippen LogP contribution in [0.3, 0.4) is 0 Å². The van der Waals surface area contributed by atoms with Crippen molar-refractivity contribution in [2.24, 2.45) is 0 Å². The molecule has 1 aromatic carbocycles. The van der Waals surface area contributed by atoms with Crippen LogP contribution in [0.1, 0.15) is 44.6 Å². The first-order valence-electron chi connectivity index (χ1n) is 9.39. The molecule has 0 bridgehead atoms. The van der Waals surface area contributed by atoms with E-state index < -0.39 is 0 Å². The summed E-state index contributed by atoms with van der Waals surface area (Å²) in [7, 11) is 1.68. The van der Waals surface area contributed by atoms with Gasteiger partial charge in [0.25, 0.3) is 0 Å². The van der Waals surface area contributed by atoms with E-state index in [4.69, 9.17) is 4.74 Å². The van der Waals surface area contributed by atoms with Gasteiger partial charge in [-0.25, -0.2) is 0 Å². The number of rotatable bonds is 6. The maximum atomic E-state index is 12.8. The Kier molecular flexibility index (Phi) is 5.77. The third-order valence-corrected chi connectivity index (χ3v) is 5.65. The molecule has 132 valence electrons. The first-order chi connectivity index (χ1) is 11.7. The highest BCUT2D eigenvalue weighted by atomic mass is 16.5. The van der Waals surface area contributed by atoms with Crippen molar-refractivity contribution < 1.29 is 9.53 Å². The van der Waals surface area contributed by atoms with E-state index in [-0.39, 0.29) is 0 Å². The maximum Gasteiger partial charge on any atom is 0.223 e. The normalized spacial score (nSPS) is 24.5. The second kappa shape index (κ2) is 8.02. The molecule has 0 saturated carbocycles. The predicted molar refractivity (Wildman–Crippen MR) is 96.3 cm³/mol. The van der Waals surface area contributed by atoms with Gasteiger partial charge in [-0.1, -0.05) is 19.1 Å². The molecule has 2 atom stereocenters. The van der Waals surface area contributed by atoms with Crippen LogP contribution in [0.15, 0.2) is 24.3 Å². The molecule has 4 nitrogen and oxygen atoms in total. The van der Waals surface area contributed by atoms with E-state index >= 15 is 0 Å². The van der Waals surface area contributed by atoms with Gasteiger partial charge >= 0.3 is 0 Å². The second-order valence-electron chi connectivity index (χ2n) is 6.99. The average molecular weight is 330 g/mol. The smallest absolute Gasteiger partial charge is 0.223 e. The topological polar surface area (TPSA) is 32.8 Å². The number of likely N-dealkylation sites (N-methyl/N-ethyl adjacent to an activating group) is 1. The molecule has 1 amide bonds. The molecular weight excluding hydrogens is 300 g/mol. The van der Waals surface area contributed by atoms with Crippen LogP contribution in [0.4, 0.5) is 0 Å². The highest BCUT2D eigenvalue weighted by molar-refractivity contribution is 5.77. The third kappa shape index (κ3) is 3.75. The van der Waals surface area contributed by atoms with E-state index in [2.05, 4.69) is 22.8 Å². The number of nitrogens with zero attached hydrogens (tertiary/aromatic N) is 2. The SMILES string of the molecule is CCN1CCC[C@H]1[C@@H]1CCCN1C(=O)CCc1cccc(OC)c1. The van der Waals surface area contributed by atoms with Crippen LogP contribution in [0.2, 0.25) is 0 Å². The zero-order chi connectivity index (χ0) is 16.9. The van der Waals surface area contributed by atoms with Crippen molar-refractivity contribution in [3.8, 4) is 5.75 Å². The quantitative estimate of drug-likeness (QED) is 0.803. The van der Waals surface area contributed by atoms with E-state index in [1.807, 2.05) is 18.2 Å². The first kappa shape index (κ1) is 17.3. The Balaban J connectivity index is 1.59. The molecule has 1 aromatic rings. The first-order valence-corrected chi connectivity index (χ1v) is 9.39. The number of hydrogen-bond acceptors (Lipinski definition) is 3. The highest BCUT2D eigenvalue weighted by Gasteiger charge is 2.38. The third-order valence-electron chi connectivity index (χ3n) is 5.65. The monoisotopic (exact) mass is 330 g/mol. The van der Waals surface area contributed by atoms with Crippen molar-refractivity contribution in [3.05, 3.63) is 29.8 Å². The van der Waals surface area contributed by atoms with Gasteiger partial charge in [0, 0.05) is 25.0 Å². The molecule has 0 N–H and O–H groups in total. The van der Waals surface area contributed by atoms with Crippen LogP contribution < -0.4 is 4.74 Å². The van der Waals surface area contributed by atoms with Gasteiger partial charge in [0.2, 0.25) is 5.91 Å². The van der Waals surface area contributed by atoms with Gasteiger partial charge < -0.3 is 9.64 Å². The summed E-state index contributed by atoms with van der Waals surface area (Å²) >= 11 is 0. The van der Waals surface area contributed by atoms with Gasteiger partial charge in [-0.2, -0.15) is 0 Å². The number of likely N-dealkylation sites (tertiary alicyclic amines) is 2. The Morgan fingerprint density at radius 2 is 2.00 bits per heavy atom. The van der Waals surface area contributed by atoms with E-state index in [1.54, 1.807) is 7.11 Å². The number of carbonyl (C=O) groups is 1. The number of benzene rings is 1. The number of amides is 1. The van der Waals surface area contributed by atoms with Gasteiger partial charge in [-0.3, -0.25) is 9.69 Å². The van der Waals surface area contributed by atoms with Gasteiger partial charge in [-0.05, 0) is 62.9 Å². The van der Waals surface area contributed by atoms with Crippen LogP contribution in [-0.2, 0) is 11.2 Å². The van der Waals surface area contributed by atoms with Crippen LogP contribution in [0, 0.1) is 0 Å². The van der Waals surface area contributed by atoms with Crippen molar-refractivity contribution in [1.29, 1.82) is 0 Å². The van der Waals surface area contributed by atoms with Crippen LogP contribution in [-0.4, -0.2) is 54.5 Å². The molecule has 24 heavy (non-hydrogen) atoms. The van der Waals surface area contributed by atoms with E-state index in [1.165, 1.54) is 31.4 Å². The summed E-state index contributed by atoms with van der Waals surface area (Å²) in [5.41, 5.74) is 1.18. The molecule has 2 heterocycles. The number of aryl methyl sites for hydroxylation is 1. The number of ether oxygens (including phenoxy) is 1. The molecule has 0 radical (unpaired) electrons. The zero-order valence-electron chi connectivity index (χ0n) is 15.0. The van der Waals surface area contributed by atoms with Gasteiger partial charge in [0.15, 0.2) is 0 Å². The molecule has 3 rings (SSSR count). The lowest BCUT2D eigenvalue weighted by Gasteiger charge is -2.34. The Hall–Kier alpha value is -1.55. The summed E-state index contributed by atoms with van der Waals surface area (Å²) in [6, 6.07) is 9.07. The van der Waals surface area contributed by atoms with Crippen LogP contribution in [0.5, 0.6) is 5.75 Å². The summed E-state index contributed by atoms with van der Waals surface area (Å²) < 4.78 is 5.27. The maximum absolute atomic E-state index is 12.8. The van der Waals surface area contributed by atoms with E-state index in [0.717, 1.165) is 31.7 Å². The molecule has 0 unspecified atom stereocenters. The summed E-state index contributed by atoms with van der Waals surface area (Å²) in [5, 5.41) is 0. The van der Waals surface area contributed by atoms with Crippen molar-refractivity contribution in [1.82, 2.24) is 9.80 Å². The Labute approximate surface area is 145 Å². The molecule has 2 fully saturated rings. The largest absolute Gasteiger partial charge is 0.497 e. The predicted octanol–water partition coefficient (Wildman–Crippen LogP) is 3.10. The van der Waals surface area contributed by atoms with Gasteiger partial charge in [0.05, 0.1) is 7.11 Å². The van der Waals surface area contributed by atoms with Gasteiger partial charge in [-0.15, -0.1) is 0 Å². The van der Waals surface area contributed by atoms with Crippen molar-refractivity contribution in [2.75, 3.05) is 26.7 Å². The fourth-order valence-corrected chi connectivity index (χ4v) is 4.41. The summed E-state index contributed by atoms with van der Waals surface area (Å²) in [5.74, 6) is 1.19. The summed E-state index contributed by atoms with van der Waals surface area (Å²) in [6.45, 7) is 5.48. The second-order valence-corrected chi connectivity index (χ2v) is 6.99. The van der Waals surface area contributed by atoms with Crippen LogP contribution in [0.25, 0.3) is 0 Å². The minimum absolute atomic E-state index is 0.322. The summed E-state index contributed by atoms with van der Waals surface area (Å²) in [4.78, 5) is 17.6.